The van der Waals surface area contributed by atoms with Crippen molar-refractivity contribution in [1.82, 2.24) is 5.32 Å². The lowest BCUT2D eigenvalue weighted by Crippen LogP contribution is -2.54. The molecule has 0 radical (unpaired) electrons. The zero-order chi connectivity index (χ0) is 13.2. The van der Waals surface area contributed by atoms with Crippen molar-refractivity contribution in [1.29, 1.82) is 0 Å². The number of benzene rings is 1. The van der Waals surface area contributed by atoms with E-state index in [0.29, 0.717) is 25.5 Å². The minimum atomic E-state index is -0.906. The highest BCUT2D eigenvalue weighted by Gasteiger charge is 2.27. The molecule has 1 aliphatic rings. The normalized spacial score (nSPS) is 22.8. The molecule has 3 nitrogen and oxygen atoms in total. The standard InChI is InChI=1S/C13H17F2NO2/c1-13(2)8-18-10(6-16-13)7-17-9-3-4-11(14)12(15)5-9/h3-5,10,16H,6-8H2,1-2H3. The van der Waals surface area contributed by atoms with Crippen molar-refractivity contribution in [3.05, 3.63) is 29.8 Å². The van der Waals surface area contributed by atoms with E-state index in [1.54, 1.807) is 0 Å². The number of halogens is 2. The SMILES string of the molecule is CC1(C)COC(COc2ccc(F)c(F)c2)CN1. The van der Waals surface area contributed by atoms with E-state index in [2.05, 4.69) is 19.2 Å². The van der Waals surface area contributed by atoms with E-state index < -0.39 is 11.6 Å². The van der Waals surface area contributed by atoms with Crippen LogP contribution >= 0.6 is 0 Å². The van der Waals surface area contributed by atoms with Gasteiger partial charge < -0.3 is 14.8 Å². The van der Waals surface area contributed by atoms with Crippen LogP contribution < -0.4 is 10.1 Å². The molecule has 100 valence electrons. The summed E-state index contributed by atoms with van der Waals surface area (Å²) in [6.07, 6.45) is -0.0776. The zero-order valence-corrected chi connectivity index (χ0v) is 10.5. The summed E-state index contributed by atoms with van der Waals surface area (Å²) in [5, 5.41) is 3.33. The van der Waals surface area contributed by atoms with Crippen LogP contribution in [0.15, 0.2) is 18.2 Å². The Morgan fingerprint density at radius 2 is 2.17 bits per heavy atom. The Labute approximate surface area is 105 Å². The van der Waals surface area contributed by atoms with Gasteiger partial charge in [0.25, 0.3) is 0 Å². The lowest BCUT2D eigenvalue weighted by molar-refractivity contribution is -0.0412. The third kappa shape index (κ3) is 3.40. The van der Waals surface area contributed by atoms with Crippen molar-refractivity contribution in [2.24, 2.45) is 0 Å². The molecule has 18 heavy (non-hydrogen) atoms. The van der Waals surface area contributed by atoms with E-state index in [1.165, 1.54) is 6.07 Å². The quantitative estimate of drug-likeness (QED) is 0.899. The van der Waals surface area contributed by atoms with Gasteiger partial charge in [-0.15, -0.1) is 0 Å². The van der Waals surface area contributed by atoms with Crippen LogP contribution in [-0.4, -0.2) is 31.4 Å². The van der Waals surface area contributed by atoms with E-state index in [4.69, 9.17) is 9.47 Å². The molecular weight excluding hydrogens is 240 g/mol. The fourth-order valence-electron chi connectivity index (χ4n) is 1.69. The highest BCUT2D eigenvalue weighted by atomic mass is 19.2. The summed E-state index contributed by atoms with van der Waals surface area (Å²) < 4.78 is 36.7. The first-order chi connectivity index (χ1) is 8.46. The van der Waals surface area contributed by atoms with Gasteiger partial charge in [-0.05, 0) is 26.0 Å². The Hall–Kier alpha value is -1.20. The van der Waals surface area contributed by atoms with Gasteiger partial charge in [-0.1, -0.05) is 0 Å². The van der Waals surface area contributed by atoms with Crippen molar-refractivity contribution >= 4 is 0 Å². The van der Waals surface area contributed by atoms with Crippen LogP contribution in [0.5, 0.6) is 5.75 Å². The Morgan fingerprint density at radius 3 is 2.78 bits per heavy atom. The monoisotopic (exact) mass is 257 g/mol. The minimum Gasteiger partial charge on any atom is -0.491 e. The Morgan fingerprint density at radius 1 is 1.39 bits per heavy atom. The number of nitrogens with one attached hydrogen (secondary N) is 1. The van der Waals surface area contributed by atoms with E-state index >= 15 is 0 Å². The van der Waals surface area contributed by atoms with Crippen molar-refractivity contribution in [2.75, 3.05) is 19.8 Å². The summed E-state index contributed by atoms with van der Waals surface area (Å²) in [6.45, 7) is 5.70. The van der Waals surface area contributed by atoms with E-state index in [9.17, 15) is 8.78 Å². The third-order valence-electron chi connectivity index (χ3n) is 2.82. The molecule has 1 aliphatic heterocycles. The van der Waals surface area contributed by atoms with Crippen LogP contribution in [0, 0.1) is 11.6 Å². The van der Waals surface area contributed by atoms with E-state index in [-0.39, 0.29) is 11.6 Å². The number of rotatable bonds is 3. The van der Waals surface area contributed by atoms with Gasteiger partial charge in [0.05, 0.1) is 6.61 Å². The van der Waals surface area contributed by atoms with Crippen LogP contribution in [-0.2, 0) is 4.74 Å². The highest BCUT2D eigenvalue weighted by molar-refractivity contribution is 5.23. The van der Waals surface area contributed by atoms with Crippen LogP contribution in [0.2, 0.25) is 0 Å². The maximum Gasteiger partial charge on any atom is 0.162 e. The van der Waals surface area contributed by atoms with Gasteiger partial charge in [-0.25, -0.2) is 8.78 Å². The molecular formula is C13H17F2NO2. The van der Waals surface area contributed by atoms with E-state index in [0.717, 1.165) is 12.1 Å². The Balaban J connectivity index is 1.83. The van der Waals surface area contributed by atoms with Gasteiger partial charge in [0, 0.05) is 18.2 Å². The highest BCUT2D eigenvalue weighted by Crippen LogP contribution is 2.17. The number of hydrogen-bond acceptors (Lipinski definition) is 3. The fourth-order valence-corrected chi connectivity index (χ4v) is 1.69. The predicted octanol–water partition coefficient (Wildman–Crippen LogP) is 2.11. The number of morpholine rings is 1. The summed E-state index contributed by atoms with van der Waals surface area (Å²) in [6, 6.07) is 3.49. The Kier molecular flexibility index (Phi) is 3.82. The molecule has 0 aliphatic carbocycles. The second kappa shape index (κ2) is 5.20. The predicted molar refractivity (Wildman–Crippen MR) is 63.7 cm³/mol. The lowest BCUT2D eigenvalue weighted by Gasteiger charge is -2.35. The smallest absolute Gasteiger partial charge is 0.162 e. The third-order valence-corrected chi connectivity index (χ3v) is 2.82. The van der Waals surface area contributed by atoms with Crippen LogP contribution in [0.3, 0.4) is 0 Å². The first-order valence-corrected chi connectivity index (χ1v) is 5.91. The number of ether oxygens (including phenoxy) is 2. The largest absolute Gasteiger partial charge is 0.491 e. The average Bonchev–Trinajstić information content (AvgIpc) is 2.32. The molecule has 1 N–H and O–H groups in total. The van der Waals surface area contributed by atoms with Crippen LogP contribution in [0.1, 0.15) is 13.8 Å². The van der Waals surface area contributed by atoms with Crippen molar-refractivity contribution in [3.63, 3.8) is 0 Å². The summed E-state index contributed by atoms with van der Waals surface area (Å²) in [5.41, 5.74) is -0.0293. The summed E-state index contributed by atoms with van der Waals surface area (Å²) in [7, 11) is 0. The second-order valence-corrected chi connectivity index (χ2v) is 5.08. The van der Waals surface area contributed by atoms with Crippen LogP contribution in [0.25, 0.3) is 0 Å². The first-order valence-electron chi connectivity index (χ1n) is 5.91. The number of hydrogen-bond donors (Lipinski definition) is 1. The Bertz CT molecular complexity index is 413. The average molecular weight is 257 g/mol. The molecule has 1 heterocycles. The molecule has 1 saturated heterocycles. The molecule has 0 aromatic heterocycles. The second-order valence-electron chi connectivity index (χ2n) is 5.08. The molecule has 5 heteroatoms. The fraction of sp³-hybridized carbons (Fsp3) is 0.538. The molecule has 1 fully saturated rings. The van der Waals surface area contributed by atoms with Gasteiger partial charge in [0.15, 0.2) is 11.6 Å². The maximum absolute atomic E-state index is 12.9. The lowest BCUT2D eigenvalue weighted by atomic mass is 10.1. The minimum absolute atomic E-state index is 0.0293. The molecule has 2 rings (SSSR count). The first kappa shape index (κ1) is 13.2. The summed E-state index contributed by atoms with van der Waals surface area (Å²) >= 11 is 0. The van der Waals surface area contributed by atoms with Crippen molar-refractivity contribution < 1.29 is 18.3 Å². The molecule has 0 saturated carbocycles. The summed E-state index contributed by atoms with van der Waals surface area (Å²) in [4.78, 5) is 0. The van der Waals surface area contributed by atoms with Crippen molar-refractivity contribution in [2.45, 2.75) is 25.5 Å². The maximum atomic E-state index is 12.9. The van der Waals surface area contributed by atoms with Crippen molar-refractivity contribution in [3.8, 4) is 5.75 Å². The zero-order valence-electron chi connectivity index (χ0n) is 10.5. The molecule has 1 unspecified atom stereocenters. The van der Waals surface area contributed by atoms with Gasteiger partial charge in [-0.3, -0.25) is 0 Å². The molecule has 0 amide bonds. The summed E-state index contributed by atoms with van der Waals surface area (Å²) in [5.74, 6) is -1.47. The van der Waals surface area contributed by atoms with E-state index in [1.807, 2.05) is 0 Å². The molecule has 0 bridgehead atoms. The topological polar surface area (TPSA) is 30.5 Å². The molecule has 1 aromatic rings. The van der Waals surface area contributed by atoms with Crippen LogP contribution in [0.4, 0.5) is 8.78 Å². The van der Waals surface area contributed by atoms with Gasteiger partial charge in [-0.2, -0.15) is 0 Å². The van der Waals surface area contributed by atoms with Gasteiger partial charge in [0.1, 0.15) is 18.5 Å². The molecule has 0 spiro atoms. The van der Waals surface area contributed by atoms with Gasteiger partial charge in [0.2, 0.25) is 0 Å². The van der Waals surface area contributed by atoms with Gasteiger partial charge >= 0.3 is 0 Å². The molecule has 1 atom stereocenters. The molecule has 1 aromatic carbocycles.